The van der Waals surface area contributed by atoms with E-state index in [-0.39, 0.29) is 60.0 Å². The average molecular weight is 446 g/mol. The zero-order valence-corrected chi connectivity index (χ0v) is 18.6. The van der Waals surface area contributed by atoms with Crippen LogP contribution in [0.1, 0.15) is 29.6 Å². The lowest BCUT2D eigenvalue weighted by Crippen LogP contribution is -2.37. The first-order valence-electron chi connectivity index (χ1n) is 10.7. The number of carbonyl (C=O) groups excluding carboxylic acids is 3. The third-order valence-corrected chi connectivity index (χ3v) is 7.10. The number of esters is 1. The second-order valence-electron chi connectivity index (χ2n) is 9.12. The minimum atomic E-state index is -0.360. The number of hydrogen-bond acceptors (Lipinski definition) is 5. The molecule has 1 aliphatic heterocycles. The summed E-state index contributed by atoms with van der Waals surface area (Å²) < 4.78 is 5.89. The van der Waals surface area contributed by atoms with Gasteiger partial charge in [0.1, 0.15) is 6.10 Å². The number of hydrogen-bond donors (Lipinski definition) is 1. The Hall–Kier alpha value is -2.38. The third-order valence-electron chi connectivity index (χ3n) is 7.10. The van der Waals surface area contributed by atoms with Gasteiger partial charge in [-0.3, -0.25) is 14.5 Å². The summed E-state index contributed by atoms with van der Waals surface area (Å²) in [6.45, 7) is 1.31. The highest BCUT2D eigenvalue weighted by Crippen LogP contribution is 2.57. The number of halogens is 1. The van der Waals surface area contributed by atoms with Crippen LogP contribution in [0.15, 0.2) is 30.5 Å². The quantitative estimate of drug-likeness (QED) is 0.546. The number of para-hydroxylation sites is 1. The number of H-pyrrole nitrogens is 1. The first-order chi connectivity index (χ1) is 14.5. The van der Waals surface area contributed by atoms with Crippen LogP contribution in [0.5, 0.6) is 0 Å². The number of benzene rings is 1. The lowest BCUT2D eigenvalue weighted by Gasteiger charge is -2.28. The molecule has 8 heteroatoms. The second-order valence-corrected chi connectivity index (χ2v) is 9.12. The van der Waals surface area contributed by atoms with Gasteiger partial charge >= 0.3 is 5.97 Å². The Kier molecular flexibility index (Phi) is 5.83. The van der Waals surface area contributed by atoms with Crippen LogP contribution < -0.4 is 0 Å². The standard InChI is InChI=1S/C23H27N3O4.ClH/c1-25(2)8-5-9-26-21(27)19-13-10-15(20(19)22(26)28)18(11-13)30-23(29)16-12-24-17-7-4-3-6-14(16)17;/h3-4,6-7,12-13,15,18-20,24H,5,8-11H2,1-2H3;1H/t13-,15+,18-,19+,20-;/m0./s1. The molecule has 1 saturated heterocycles. The van der Waals surface area contributed by atoms with Gasteiger partial charge in [0.05, 0.1) is 17.4 Å². The molecule has 0 radical (unpaired) electrons. The van der Waals surface area contributed by atoms with E-state index in [1.54, 1.807) is 6.20 Å². The Morgan fingerprint density at radius 1 is 1.16 bits per heavy atom. The minimum absolute atomic E-state index is 0. The molecule has 2 saturated carbocycles. The number of amides is 2. The predicted octanol–water partition coefficient (Wildman–Crippen LogP) is 2.71. The van der Waals surface area contributed by atoms with E-state index >= 15 is 0 Å². The van der Waals surface area contributed by atoms with Crippen molar-refractivity contribution in [1.29, 1.82) is 0 Å². The molecule has 2 aromatic rings. The van der Waals surface area contributed by atoms with Gasteiger partial charge in [0.2, 0.25) is 11.8 Å². The molecular formula is C23H28ClN3O4. The number of carbonyl (C=O) groups is 3. The van der Waals surface area contributed by atoms with E-state index in [9.17, 15) is 14.4 Å². The summed E-state index contributed by atoms with van der Waals surface area (Å²) in [5.74, 6) is -0.898. The zero-order chi connectivity index (χ0) is 21.0. The molecule has 2 amide bonds. The number of likely N-dealkylation sites (tertiary alicyclic amines) is 1. The van der Waals surface area contributed by atoms with Crippen molar-refractivity contribution in [1.82, 2.24) is 14.8 Å². The summed E-state index contributed by atoms with van der Waals surface area (Å²) in [6.07, 6.45) is 3.63. The first-order valence-corrected chi connectivity index (χ1v) is 10.7. The Morgan fingerprint density at radius 3 is 2.68 bits per heavy atom. The molecule has 2 aliphatic carbocycles. The zero-order valence-electron chi connectivity index (χ0n) is 17.7. The van der Waals surface area contributed by atoms with Crippen molar-refractivity contribution in [3.63, 3.8) is 0 Å². The van der Waals surface area contributed by atoms with Gasteiger partial charge in [0.25, 0.3) is 0 Å². The van der Waals surface area contributed by atoms with Gasteiger partial charge in [-0.2, -0.15) is 0 Å². The van der Waals surface area contributed by atoms with Crippen molar-refractivity contribution < 1.29 is 19.1 Å². The van der Waals surface area contributed by atoms with Crippen LogP contribution in [0.25, 0.3) is 10.9 Å². The number of nitrogens with one attached hydrogen (secondary N) is 1. The Bertz CT molecular complexity index is 1020. The second kappa shape index (κ2) is 8.28. The molecule has 1 aromatic carbocycles. The topological polar surface area (TPSA) is 82.7 Å². The van der Waals surface area contributed by atoms with Gasteiger partial charge in [0, 0.05) is 29.6 Å². The van der Waals surface area contributed by atoms with Gasteiger partial charge in [-0.25, -0.2) is 4.79 Å². The summed E-state index contributed by atoms with van der Waals surface area (Å²) in [7, 11) is 3.96. The van der Waals surface area contributed by atoms with Gasteiger partial charge in [-0.05, 0) is 51.9 Å². The molecule has 3 fully saturated rings. The van der Waals surface area contributed by atoms with Gasteiger partial charge in [0.15, 0.2) is 0 Å². The van der Waals surface area contributed by atoms with Crippen LogP contribution in [0.3, 0.4) is 0 Å². The Morgan fingerprint density at radius 2 is 1.90 bits per heavy atom. The molecule has 5 rings (SSSR count). The summed E-state index contributed by atoms with van der Waals surface area (Å²) in [4.78, 5) is 45.4. The van der Waals surface area contributed by atoms with Crippen molar-refractivity contribution in [3.8, 4) is 0 Å². The van der Waals surface area contributed by atoms with E-state index in [0.717, 1.165) is 30.3 Å². The molecule has 0 unspecified atom stereocenters. The molecule has 3 aliphatic rings. The highest BCUT2D eigenvalue weighted by molar-refractivity contribution is 6.06. The molecule has 1 N–H and O–H groups in total. The van der Waals surface area contributed by atoms with Crippen molar-refractivity contribution in [2.45, 2.75) is 25.4 Å². The van der Waals surface area contributed by atoms with Crippen LogP contribution in [0.2, 0.25) is 0 Å². The molecule has 31 heavy (non-hydrogen) atoms. The number of nitrogens with zero attached hydrogens (tertiary/aromatic N) is 2. The van der Waals surface area contributed by atoms with Crippen molar-refractivity contribution >= 4 is 41.1 Å². The van der Waals surface area contributed by atoms with Crippen LogP contribution in [-0.2, 0) is 14.3 Å². The van der Waals surface area contributed by atoms with E-state index in [1.165, 1.54) is 4.90 Å². The van der Waals surface area contributed by atoms with Crippen LogP contribution in [0.4, 0.5) is 0 Å². The SMILES string of the molecule is CN(C)CCCN1C(=O)[C@@H]2[C@H]3C[C@@H]([C@@H]2C1=O)[C@@H](OC(=O)c1c[nH]c2ccccc12)C3.Cl. The summed E-state index contributed by atoms with van der Waals surface area (Å²) in [5.41, 5.74) is 1.41. The van der Waals surface area contributed by atoms with Gasteiger partial charge < -0.3 is 14.6 Å². The monoisotopic (exact) mass is 445 g/mol. The van der Waals surface area contributed by atoms with E-state index in [0.29, 0.717) is 18.5 Å². The molecule has 166 valence electrons. The summed E-state index contributed by atoms with van der Waals surface area (Å²) in [6, 6.07) is 7.62. The molecule has 2 heterocycles. The molecule has 1 aromatic heterocycles. The number of aromatic amines is 1. The number of aromatic nitrogens is 1. The lowest BCUT2D eigenvalue weighted by molar-refractivity contribution is -0.141. The smallest absolute Gasteiger partial charge is 0.340 e. The fraction of sp³-hybridized carbons (Fsp3) is 0.522. The van der Waals surface area contributed by atoms with Gasteiger partial charge in [-0.1, -0.05) is 18.2 Å². The molecule has 5 atom stereocenters. The van der Waals surface area contributed by atoms with Crippen molar-refractivity contribution in [2.24, 2.45) is 23.7 Å². The largest absolute Gasteiger partial charge is 0.458 e. The van der Waals surface area contributed by atoms with Crippen molar-refractivity contribution in [2.75, 3.05) is 27.2 Å². The maximum Gasteiger partial charge on any atom is 0.340 e. The predicted molar refractivity (Wildman–Crippen MR) is 118 cm³/mol. The summed E-state index contributed by atoms with van der Waals surface area (Å²) >= 11 is 0. The third kappa shape index (κ3) is 3.53. The fourth-order valence-electron chi connectivity index (χ4n) is 5.80. The van der Waals surface area contributed by atoms with E-state index < -0.39 is 0 Å². The maximum atomic E-state index is 13.0. The van der Waals surface area contributed by atoms with Gasteiger partial charge in [-0.15, -0.1) is 12.4 Å². The highest BCUT2D eigenvalue weighted by Gasteiger charge is 2.64. The first kappa shape index (κ1) is 21.8. The van der Waals surface area contributed by atoms with E-state index in [4.69, 9.17) is 4.74 Å². The van der Waals surface area contributed by atoms with E-state index in [1.807, 2.05) is 38.4 Å². The number of ether oxygens (including phenoxy) is 1. The highest BCUT2D eigenvalue weighted by atomic mass is 35.5. The molecule has 7 nitrogen and oxygen atoms in total. The van der Waals surface area contributed by atoms with Crippen LogP contribution in [-0.4, -0.2) is 65.9 Å². The van der Waals surface area contributed by atoms with E-state index in [2.05, 4.69) is 9.88 Å². The summed E-state index contributed by atoms with van der Waals surface area (Å²) in [5, 5.41) is 0.836. The minimum Gasteiger partial charge on any atom is -0.458 e. The average Bonchev–Trinajstić information content (AvgIpc) is 3.45. The number of imide groups is 1. The van der Waals surface area contributed by atoms with Crippen molar-refractivity contribution in [3.05, 3.63) is 36.0 Å². The normalized spacial score (nSPS) is 29.0. The van der Waals surface area contributed by atoms with Crippen LogP contribution in [0, 0.1) is 23.7 Å². The number of fused-ring (bicyclic) bond motifs is 6. The Labute approximate surface area is 187 Å². The fourth-order valence-corrected chi connectivity index (χ4v) is 5.80. The lowest BCUT2D eigenvalue weighted by atomic mass is 9.79. The maximum absolute atomic E-state index is 13.0. The molecule has 2 bridgehead atoms. The molecule has 0 spiro atoms. The Balaban J connectivity index is 0.00000231. The molecular weight excluding hydrogens is 418 g/mol. The number of rotatable bonds is 6. The van der Waals surface area contributed by atoms with Crippen LogP contribution >= 0.6 is 12.4 Å².